The zero-order valence-corrected chi connectivity index (χ0v) is 16.9. The lowest BCUT2D eigenvalue weighted by atomic mass is 10.1. The van der Waals surface area contributed by atoms with E-state index < -0.39 is 5.97 Å². The Labute approximate surface area is 156 Å². The molecule has 1 unspecified atom stereocenters. The molecule has 1 N–H and O–H groups in total. The molecule has 0 radical (unpaired) electrons. The molecule has 0 aromatic heterocycles. The van der Waals surface area contributed by atoms with Gasteiger partial charge in [-0.3, -0.25) is 4.90 Å². The summed E-state index contributed by atoms with van der Waals surface area (Å²) in [5.41, 5.74) is 1.55. The maximum absolute atomic E-state index is 8.89. The van der Waals surface area contributed by atoms with E-state index in [0.717, 1.165) is 6.92 Å². The number of quaternary nitrogens is 1. The van der Waals surface area contributed by atoms with Crippen molar-refractivity contribution in [1.82, 2.24) is 0 Å². The highest BCUT2D eigenvalue weighted by Gasteiger charge is 2.10. The van der Waals surface area contributed by atoms with Crippen molar-refractivity contribution in [2.45, 2.75) is 104 Å². The second-order valence-electron chi connectivity index (χ2n) is 7.15. The second kappa shape index (κ2) is 17.7. The fourth-order valence-electron chi connectivity index (χ4n) is 3.06. The van der Waals surface area contributed by atoms with Crippen LogP contribution in [0.3, 0.4) is 0 Å². The number of aliphatic carboxylic acids is 1. The van der Waals surface area contributed by atoms with Crippen molar-refractivity contribution in [2.24, 2.45) is 0 Å². The lowest BCUT2D eigenvalue weighted by Gasteiger charge is -2.06. The van der Waals surface area contributed by atoms with Crippen molar-refractivity contribution < 1.29 is 14.8 Å². The summed E-state index contributed by atoms with van der Waals surface area (Å²) in [5.74, 6) is -1.08. The molecule has 0 aromatic carbocycles. The van der Waals surface area contributed by atoms with E-state index in [0.29, 0.717) is 0 Å². The minimum absolute atomic E-state index is 0.972. The van der Waals surface area contributed by atoms with Crippen LogP contribution in [0.1, 0.15) is 104 Å². The number of hydrogen-bond acceptors (Lipinski definition) is 2. The van der Waals surface area contributed by atoms with Crippen LogP contribution < -0.4 is 10.0 Å². The van der Waals surface area contributed by atoms with E-state index in [-0.39, 0.29) is 0 Å². The first-order chi connectivity index (χ1) is 12.1. The fraction of sp³-hybridized carbons (Fsp3) is 0.773. The molecule has 25 heavy (non-hydrogen) atoms. The Morgan fingerprint density at radius 2 is 1.36 bits per heavy atom. The van der Waals surface area contributed by atoms with Crippen molar-refractivity contribution in [3.8, 4) is 0 Å². The molecule has 0 aromatic rings. The van der Waals surface area contributed by atoms with Gasteiger partial charge in [0.1, 0.15) is 6.20 Å². The van der Waals surface area contributed by atoms with E-state index in [4.69, 9.17) is 9.90 Å². The molecule has 1 aliphatic rings. The Morgan fingerprint density at radius 1 is 0.880 bits per heavy atom. The number of hydrogen-bond donors (Lipinski definition) is 1. The summed E-state index contributed by atoms with van der Waals surface area (Å²) in [4.78, 5) is 10.5. The SMILES string of the molecule is CC(=O)[O-].CCCCCCCCCCCC[NH+]1C=CC(CCCC)=C1. The number of carbonyl (C=O) groups is 1. The molecule has 1 heterocycles. The van der Waals surface area contributed by atoms with Gasteiger partial charge in [-0.05, 0) is 32.6 Å². The molecule has 0 bridgehead atoms. The first kappa shape index (κ1) is 23.9. The molecule has 0 aliphatic carbocycles. The van der Waals surface area contributed by atoms with Gasteiger partial charge in [-0.25, -0.2) is 0 Å². The van der Waals surface area contributed by atoms with E-state index in [2.05, 4.69) is 32.3 Å². The summed E-state index contributed by atoms with van der Waals surface area (Å²) in [6, 6.07) is 0. The second-order valence-corrected chi connectivity index (χ2v) is 7.15. The predicted molar refractivity (Wildman–Crippen MR) is 105 cm³/mol. The number of nitrogens with one attached hydrogen (secondary N) is 1. The largest absolute Gasteiger partial charge is 0.550 e. The lowest BCUT2D eigenvalue weighted by molar-refractivity contribution is -0.788. The van der Waals surface area contributed by atoms with Crippen LogP contribution in [0.25, 0.3) is 0 Å². The van der Waals surface area contributed by atoms with Crippen LogP contribution in [0.2, 0.25) is 0 Å². The smallest absolute Gasteiger partial charge is 0.102 e. The van der Waals surface area contributed by atoms with Crippen molar-refractivity contribution in [3.63, 3.8) is 0 Å². The minimum atomic E-state index is -1.08. The van der Waals surface area contributed by atoms with E-state index >= 15 is 0 Å². The summed E-state index contributed by atoms with van der Waals surface area (Å²) in [5, 5.41) is 8.89. The van der Waals surface area contributed by atoms with Crippen LogP contribution >= 0.6 is 0 Å². The average Bonchev–Trinajstić information content (AvgIpc) is 3.02. The van der Waals surface area contributed by atoms with Gasteiger partial charge in [-0.1, -0.05) is 71.6 Å². The van der Waals surface area contributed by atoms with Gasteiger partial charge in [-0.2, -0.15) is 0 Å². The third kappa shape index (κ3) is 17.5. The van der Waals surface area contributed by atoms with E-state index in [1.165, 1.54) is 90.0 Å². The molecule has 1 atom stereocenters. The quantitative estimate of drug-likeness (QED) is 0.478. The highest BCUT2D eigenvalue weighted by atomic mass is 16.4. The Hall–Kier alpha value is -1.09. The summed E-state index contributed by atoms with van der Waals surface area (Å²) >= 11 is 0. The monoisotopic (exact) mass is 351 g/mol. The summed E-state index contributed by atoms with van der Waals surface area (Å²) in [6.07, 6.45) is 25.4. The van der Waals surface area contributed by atoms with Gasteiger partial charge in [0.05, 0.1) is 12.7 Å². The third-order valence-corrected chi connectivity index (χ3v) is 4.52. The zero-order chi connectivity index (χ0) is 18.8. The third-order valence-electron chi connectivity index (χ3n) is 4.52. The van der Waals surface area contributed by atoms with Crippen LogP contribution in [0.4, 0.5) is 0 Å². The number of carboxylic acids is 1. The predicted octanol–water partition coefficient (Wildman–Crippen LogP) is 4.15. The maximum Gasteiger partial charge on any atom is 0.102 e. The van der Waals surface area contributed by atoms with Gasteiger partial charge in [-0.15, -0.1) is 0 Å². The molecular formula is C22H41NO2. The highest BCUT2D eigenvalue weighted by Crippen LogP contribution is 2.11. The standard InChI is InChI=1S/C20H37N.C2H4O2/c1-3-5-7-8-9-10-11-12-13-14-17-21-18-16-20(19-21)15-6-4-2;1-2(3)4/h16,18-19H,3-15,17H2,1-2H3;1H3,(H,3,4). The molecule has 0 saturated heterocycles. The van der Waals surface area contributed by atoms with Crippen LogP contribution in [0.5, 0.6) is 0 Å². The van der Waals surface area contributed by atoms with Gasteiger partial charge < -0.3 is 9.90 Å². The topological polar surface area (TPSA) is 44.6 Å². The van der Waals surface area contributed by atoms with Gasteiger partial charge in [0.25, 0.3) is 0 Å². The van der Waals surface area contributed by atoms with Crippen molar-refractivity contribution in [3.05, 3.63) is 24.0 Å². The van der Waals surface area contributed by atoms with Gasteiger partial charge >= 0.3 is 0 Å². The summed E-state index contributed by atoms with van der Waals surface area (Å²) in [7, 11) is 0. The van der Waals surface area contributed by atoms with E-state index in [1.54, 1.807) is 10.5 Å². The average molecular weight is 352 g/mol. The molecule has 1 aliphatic heterocycles. The molecule has 0 saturated carbocycles. The molecule has 3 nitrogen and oxygen atoms in total. The first-order valence-corrected chi connectivity index (χ1v) is 10.5. The van der Waals surface area contributed by atoms with Crippen molar-refractivity contribution >= 4 is 5.97 Å². The van der Waals surface area contributed by atoms with Gasteiger partial charge in [0.2, 0.25) is 0 Å². The molecule has 0 spiro atoms. The highest BCUT2D eigenvalue weighted by molar-refractivity contribution is 5.60. The number of rotatable bonds is 14. The first-order valence-electron chi connectivity index (χ1n) is 10.5. The van der Waals surface area contributed by atoms with Crippen molar-refractivity contribution in [1.29, 1.82) is 0 Å². The maximum atomic E-state index is 8.89. The lowest BCUT2D eigenvalue weighted by Crippen LogP contribution is -3.01. The number of allylic oxidation sites excluding steroid dienone is 2. The van der Waals surface area contributed by atoms with Gasteiger partial charge in [0.15, 0.2) is 0 Å². The molecule has 0 amide bonds. The Balaban J connectivity index is 0.00000129. The number of carboxylic acid groups (broad SMARTS) is 1. The van der Waals surface area contributed by atoms with Gasteiger partial charge in [0, 0.05) is 17.6 Å². The van der Waals surface area contributed by atoms with Crippen LogP contribution in [0.15, 0.2) is 24.0 Å². The molecular weight excluding hydrogens is 310 g/mol. The molecule has 0 fully saturated rings. The Morgan fingerprint density at radius 3 is 1.88 bits per heavy atom. The Bertz CT molecular complexity index is 370. The number of unbranched alkanes of at least 4 members (excludes halogenated alkanes) is 10. The van der Waals surface area contributed by atoms with Crippen LogP contribution in [0, 0.1) is 0 Å². The zero-order valence-electron chi connectivity index (χ0n) is 16.9. The molecule has 1 rings (SSSR count). The molecule has 146 valence electrons. The Kier molecular flexibility index (Phi) is 17.0. The normalized spacial score (nSPS) is 15.6. The number of carbonyl (C=O) groups excluding carboxylic acids is 1. The van der Waals surface area contributed by atoms with E-state index in [9.17, 15) is 0 Å². The van der Waals surface area contributed by atoms with Crippen LogP contribution in [-0.2, 0) is 4.79 Å². The van der Waals surface area contributed by atoms with Crippen LogP contribution in [-0.4, -0.2) is 12.5 Å². The summed E-state index contributed by atoms with van der Waals surface area (Å²) < 4.78 is 0. The van der Waals surface area contributed by atoms with E-state index in [1.807, 2.05) is 0 Å². The summed E-state index contributed by atoms with van der Waals surface area (Å²) in [6.45, 7) is 6.83. The fourth-order valence-corrected chi connectivity index (χ4v) is 3.06. The minimum Gasteiger partial charge on any atom is -0.550 e. The molecule has 3 heteroatoms. The van der Waals surface area contributed by atoms with Crippen molar-refractivity contribution in [2.75, 3.05) is 6.54 Å².